The van der Waals surface area contributed by atoms with Crippen molar-refractivity contribution in [2.24, 2.45) is 11.8 Å². The molecule has 0 aromatic rings. The fourth-order valence-electron chi connectivity index (χ4n) is 2.36. The molecule has 1 saturated carbocycles. The van der Waals surface area contributed by atoms with Crippen LogP contribution >= 0.6 is 0 Å². The van der Waals surface area contributed by atoms with Crippen LogP contribution in [-0.4, -0.2) is 25.5 Å². The third kappa shape index (κ3) is 2.02. The van der Waals surface area contributed by atoms with Crippen molar-refractivity contribution in [2.45, 2.75) is 31.7 Å². The van der Waals surface area contributed by atoms with Crippen molar-refractivity contribution in [3.8, 4) is 0 Å². The van der Waals surface area contributed by atoms with Crippen molar-refractivity contribution in [1.82, 2.24) is 10.6 Å². The van der Waals surface area contributed by atoms with Gasteiger partial charge in [0.25, 0.3) is 0 Å². The van der Waals surface area contributed by atoms with Crippen LogP contribution in [0.25, 0.3) is 0 Å². The summed E-state index contributed by atoms with van der Waals surface area (Å²) >= 11 is 0. The summed E-state index contributed by atoms with van der Waals surface area (Å²) in [5.74, 6) is 1.79. The zero-order chi connectivity index (χ0) is 9.26. The van der Waals surface area contributed by atoms with Gasteiger partial charge < -0.3 is 10.6 Å². The highest BCUT2D eigenvalue weighted by molar-refractivity contribution is 5.78. The van der Waals surface area contributed by atoms with E-state index in [1.807, 2.05) is 7.05 Å². The molecule has 0 aromatic carbocycles. The van der Waals surface area contributed by atoms with Crippen LogP contribution in [0.15, 0.2) is 0 Å². The second kappa shape index (κ2) is 3.66. The van der Waals surface area contributed by atoms with Crippen molar-refractivity contribution < 1.29 is 4.79 Å². The van der Waals surface area contributed by atoms with Crippen LogP contribution in [0.3, 0.4) is 0 Å². The average Bonchev–Trinajstić information content (AvgIpc) is 2.85. The van der Waals surface area contributed by atoms with Crippen molar-refractivity contribution in [3.05, 3.63) is 0 Å². The lowest BCUT2D eigenvalue weighted by Gasteiger charge is -2.22. The van der Waals surface area contributed by atoms with Crippen LogP contribution in [0.5, 0.6) is 0 Å². The van der Waals surface area contributed by atoms with E-state index in [-0.39, 0.29) is 5.91 Å². The van der Waals surface area contributed by atoms with Crippen molar-refractivity contribution in [2.75, 3.05) is 13.6 Å². The van der Waals surface area contributed by atoms with Gasteiger partial charge in [-0.15, -0.1) is 0 Å². The largest absolute Gasteiger partial charge is 0.353 e. The lowest BCUT2D eigenvalue weighted by atomic mass is 9.93. The lowest BCUT2D eigenvalue weighted by molar-refractivity contribution is -0.119. The van der Waals surface area contributed by atoms with Gasteiger partial charge in [-0.25, -0.2) is 0 Å². The Bertz CT molecular complexity index is 201. The molecule has 1 aliphatic carbocycles. The number of amides is 1. The van der Waals surface area contributed by atoms with Gasteiger partial charge in [-0.2, -0.15) is 0 Å². The third-order valence-corrected chi connectivity index (χ3v) is 3.21. The molecule has 3 heteroatoms. The molecule has 2 aliphatic rings. The van der Waals surface area contributed by atoms with Crippen molar-refractivity contribution in [3.63, 3.8) is 0 Å². The molecule has 2 rings (SSSR count). The van der Waals surface area contributed by atoms with E-state index in [0.717, 1.165) is 25.3 Å². The molecule has 0 bridgehead atoms. The first-order valence-electron chi connectivity index (χ1n) is 5.25. The Morgan fingerprint density at radius 2 is 2.31 bits per heavy atom. The van der Waals surface area contributed by atoms with Crippen LogP contribution in [0.1, 0.15) is 25.7 Å². The maximum atomic E-state index is 11.1. The van der Waals surface area contributed by atoms with E-state index in [1.54, 1.807) is 0 Å². The van der Waals surface area contributed by atoms with Gasteiger partial charge in [0, 0.05) is 12.5 Å². The fraction of sp³-hybridized carbons (Fsp3) is 0.900. The van der Waals surface area contributed by atoms with E-state index < -0.39 is 0 Å². The van der Waals surface area contributed by atoms with Gasteiger partial charge >= 0.3 is 0 Å². The zero-order valence-corrected chi connectivity index (χ0v) is 8.18. The lowest BCUT2D eigenvalue weighted by Crippen LogP contribution is -2.38. The molecule has 2 atom stereocenters. The summed E-state index contributed by atoms with van der Waals surface area (Å²) in [5, 5.41) is 6.31. The molecule has 1 heterocycles. The van der Waals surface area contributed by atoms with E-state index in [2.05, 4.69) is 10.6 Å². The fourth-order valence-corrected chi connectivity index (χ4v) is 2.36. The summed E-state index contributed by atoms with van der Waals surface area (Å²) < 4.78 is 0. The Morgan fingerprint density at radius 1 is 1.54 bits per heavy atom. The summed E-state index contributed by atoms with van der Waals surface area (Å²) in [4.78, 5) is 11.1. The summed E-state index contributed by atoms with van der Waals surface area (Å²) in [6.45, 7) is 1.05. The second-order valence-corrected chi connectivity index (χ2v) is 4.27. The highest BCUT2D eigenvalue weighted by Gasteiger charge is 2.38. The molecule has 1 aliphatic heterocycles. The van der Waals surface area contributed by atoms with Crippen LogP contribution in [-0.2, 0) is 4.79 Å². The predicted octanol–water partition coefficient (Wildman–Crippen LogP) is 0.511. The molecular weight excluding hydrogens is 164 g/mol. The minimum Gasteiger partial charge on any atom is -0.353 e. The Balaban J connectivity index is 1.90. The monoisotopic (exact) mass is 182 g/mol. The number of carbonyl (C=O) groups is 1. The zero-order valence-electron chi connectivity index (χ0n) is 8.18. The summed E-state index contributed by atoms with van der Waals surface area (Å²) in [6, 6.07) is 0.451. The first-order chi connectivity index (χ1) is 6.31. The van der Waals surface area contributed by atoms with Crippen molar-refractivity contribution >= 4 is 5.91 Å². The molecule has 13 heavy (non-hydrogen) atoms. The molecule has 0 aromatic heterocycles. The number of nitrogens with one attached hydrogen (secondary N) is 2. The van der Waals surface area contributed by atoms with Gasteiger partial charge in [-0.05, 0) is 44.7 Å². The smallest absolute Gasteiger partial charge is 0.220 e. The Kier molecular flexibility index (Phi) is 2.54. The first-order valence-corrected chi connectivity index (χ1v) is 5.25. The maximum Gasteiger partial charge on any atom is 0.220 e. The highest BCUT2D eigenvalue weighted by Crippen LogP contribution is 2.39. The van der Waals surface area contributed by atoms with E-state index >= 15 is 0 Å². The van der Waals surface area contributed by atoms with Crippen LogP contribution in [0, 0.1) is 11.8 Å². The van der Waals surface area contributed by atoms with E-state index in [4.69, 9.17) is 0 Å². The Hall–Kier alpha value is -0.570. The molecule has 0 radical (unpaired) electrons. The number of hydrogen-bond acceptors (Lipinski definition) is 2. The quantitative estimate of drug-likeness (QED) is 0.665. The molecular formula is C10H18N2O. The topological polar surface area (TPSA) is 41.1 Å². The van der Waals surface area contributed by atoms with Crippen LogP contribution in [0.4, 0.5) is 0 Å². The first kappa shape index (κ1) is 9.00. The van der Waals surface area contributed by atoms with E-state index in [1.165, 1.54) is 12.8 Å². The number of carbonyl (C=O) groups excluding carboxylic acids is 1. The molecule has 3 nitrogen and oxygen atoms in total. The summed E-state index contributed by atoms with van der Waals surface area (Å²) in [5.41, 5.74) is 0. The SMILES string of the molecule is CNCC(C1CC1)C1CCC(=O)N1. The number of rotatable bonds is 4. The highest BCUT2D eigenvalue weighted by atomic mass is 16.1. The minimum absolute atomic E-state index is 0.242. The van der Waals surface area contributed by atoms with Gasteiger partial charge in [0.15, 0.2) is 0 Å². The molecule has 1 saturated heterocycles. The standard InChI is InChI=1S/C10H18N2O/c1-11-6-8(7-2-3-7)9-4-5-10(13)12-9/h7-9,11H,2-6H2,1H3,(H,12,13). The molecule has 2 fully saturated rings. The van der Waals surface area contributed by atoms with E-state index in [9.17, 15) is 4.79 Å². The molecule has 1 amide bonds. The summed E-state index contributed by atoms with van der Waals surface area (Å²) in [6.07, 6.45) is 4.50. The van der Waals surface area contributed by atoms with Crippen LogP contribution in [0.2, 0.25) is 0 Å². The second-order valence-electron chi connectivity index (χ2n) is 4.27. The molecule has 74 valence electrons. The van der Waals surface area contributed by atoms with Crippen LogP contribution < -0.4 is 10.6 Å². The van der Waals surface area contributed by atoms with Gasteiger partial charge in [0.1, 0.15) is 0 Å². The third-order valence-electron chi connectivity index (χ3n) is 3.21. The van der Waals surface area contributed by atoms with Crippen molar-refractivity contribution in [1.29, 1.82) is 0 Å². The minimum atomic E-state index is 0.242. The predicted molar refractivity (Wildman–Crippen MR) is 51.3 cm³/mol. The molecule has 2 unspecified atom stereocenters. The Morgan fingerprint density at radius 3 is 2.77 bits per heavy atom. The normalized spacial score (nSPS) is 30.2. The average molecular weight is 182 g/mol. The van der Waals surface area contributed by atoms with Gasteiger partial charge in [-0.3, -0.25) is 4.79 Å². The van der Waals surface area contributed by atoms with E-state index in [0.29, 0.717) is 12.0 Å². The molecule has 0 spiro atoms. The van der Waals surface area contributed by atoms with Gasteiger partial charge in [-0.1, -0.05) is 0 Å². The summed E-state index contributed by atoms with van der Waals surface area (Å²) in [7, 11) is 1.99. The number of hydrogen-bond donors (Lipinski definition) is 2. The van der Waals surface area contributed by atoms with Gasteiger partial charge in [0.05, 0.1) is 0 Å². The molecule has 2 N–H and O–H groups in total. The van der Waals surface area contributed by atoms with Gasteiger partial charge in [0.2, 0.25) is 5.91 Å². The maximum absolute atomic E-state index is 11.1. The Labute approximate surface area is 79.3 Å².